The van der Waals surface area contributed by atoms with Gasteiger partial charge in [0.2, 0.25) is 5.91 Å². The maximum absolute atomic E-state index is 13.2. The number of rotatable bonds is 4. The van der Waals surface area contributed by atoms with E-state index in [1.807, 2.05) is 31.5 Å². The Labute approximate surface area is 232 Å². The van der Waals surface area contributed by atoms with Gasteiger partial charge in [-0.1, -0.05) is 11.3 Å². The van der Waals surface area contributed by atoms with Crippen molar-refractivity contribution in [1.29, 1.82) is 0 Å². The van der Waals surface area contributed by atoms with E-state index in [9.17, 15) is 14.4 Å². The number of amides is 3. The van der Waals surface area contributed by atoms with Crippen LogP contribution in [0, 0.1) is 6.92 Å². The number of hydrogen-bond donors (Lipinski definition) is 3. The van der Waals surface area contributed by atoms with E-state index in [1.165, 1.54) is 0 Å². The molecular weight excluding hydrogens is 518 g/mol. The Morgan fingerprint density at radius 2 is 2.08 bits per heavy atom. The monoisotopic (exact) mass is 553 g/mol. The third-order valence-electron chi connectivity index (χ3n) is 6.44. The summed E-state index contributed by atoms with van der Waals surface area (Å²) in [6.45, 7) is 3.94. The number of carbonyl (C=O) groups excluding carboxylic acids is 3. The van der Waals surface area contributed by atoms with Gasteiger partial charge in [-0.2, -0.15) is 11.8 Å². The smallest absolute Gasteiger partial charge is 0.270 e. The van der Waals surface area contributed by atoms with Crippen LogP contribution >= 0.6 is 11.8 Å². The molecule has 3 heterocycles. The van der Waals surface area contributed by atoms with Gasteiger partial charge in [0.15, 0.2) is 0 Å². The second kappa shape index (κ2) is 13.8. The van der Waals surface area contributed by atoms with Gasteiger partial charge in [0.25, 0.3) is 11.8 Å². The highest BCUT2D eigenvalue weighted by Crippen LogP contribution is 2.18. The van der Waals surface area contributed by atoms with Crippen LogP contribution in [0.2, 0.25) is 0 Å². The minimum atomic E-state index is -0.675. The molecule has 0 aliphatic carbocycles. The van der Waals surface area contributed by atoms with E-state index >= 15 is 0 Å². The van der Waals surface area contributed by atoms with Gasteiger partial charge in [0, 0.05) is 37.8 Å². The highest BCUT2D eigenvalue weighted by atomic mass is 32.2. The zero-order valence-electron chi connectivity index (χ0n) is 22.3. The van der Waals surface area contributed by atoms with Crippen molar-refractivity contribution in [2.45, 2.75) is 45.3 Å². The largest absolute Gasteiger partial charge is 0.494 e. The second-order valence-electron chi connectivity index (χ2n) is 9.41. The summed E-state index contributed by atoms with van der Waals surface area (Å²) < 4.78 is 7.64. The minimum absolute atomic E-state index is 0.155. The lowest BCUT2D eigenvalue weighted by Crippen LogP contribution is -2.47. The number of aryl methyl sites for hydroxylation is 2. The van der Waals surface area contributed by atoms with Crippen LogP contribution < -0.4 is 15.4 Å². The van der Waals surface area contributed by atoms with Gasteiger partial charge < -0.3 is 25.3 Å². The molecule has 3 aromatic rings. The maximum atomic E-state index is 13.2. The topological polar surface area (TPSA) is 134 Å². The molecule has 1 aliphatic heterocycles. The molecule has 0 unspecified atom stereocenters. The molecule has 1 atom stereocenters. The SMILES string of the molecule is CSCC[C@@H]1NC(=O)c2cc(ccc2C)OCCCn2cc(nn2)CN(C(=O)c2ccc[nH]2)CCCNC1=O. The minimum Gasteiger partial charge on any atom is -0.494 e. The van der Waals surface area contributed by atoms with E-state index in [4.69, 9.17) is 4.74 Å². The van der Waals surface area contributed by atoms with Gasteiger partial charge >= 0.3 is 0 Å². The number of nitrogens with one attached hydrogen (secondary N) is 3. The molecule has 0 saturated heterocycles. The molecule has 2 aromatic heterocycles. The molecule has 0 saturated carbocycles. The van der Waals surface area contributed by atoms with Crippen molar-refractivity contribution in [1.82, 2.24) is 35.5 Å². The normalized spacial score (nSPS) is 17.6. The summed E-state index contributed by atoms with van der Waals surface area (Å²) in [5.41, 5.74) is 2.44. The van der Waals surface area contributed by atoms with Crippen molar-refractivity contribution in [3.05, 3.63) is 65.2 Å². The number of ether oxygens (including phenoxy) is 1. The molecule has 12 heteroatoms. The van der Waals surface area contributed by atoms with Crippen molar-refractivity contribution >= 4 is 29.5 Å². The van der Waals surface area contributed by atoms with E-state index in [0.29, 0.717) is 74.7 Å². The first-order valence-electron chi connectivity index (χ1n) is 13.1. The number of fused-ring (bicyclic) bond motifs is 4. The summed E-state index contributed by atoms with van der Waals surface area (Å²) >= 11 is 1.61. The molecule has 3 amide bonds. The van der Waals surface area contributed by atoms with Gasteiger partial charge in [-0.3, -0.25) is 19.1 Å². The number of aromatic nitrogens is 4. The van der Waals surface area contributed by atoms with Crippen molar-refractivity contribution in [2.24, 2.45) is 0 Å². The Bertz CT molecular complexity index is 1260. The molecule has 0 fully saturated rings. The zero-order chi connectivity index (χ0) is 27.6. The summed E-state index contributed by atoms with van der Waals surface area (Å²) in [6, 6.07) is 8.23. The molecule has 1 aromatic carbocycles. The Hall–Kier alpha value is -3.80. The number of carbonyl (C=O) groups is 3. The molecule has 0 radical (unpaired) electrons. The van der Waals surface area contributed by atoms with Crippen LogP contribution in [0.25, 0.3) is 0 Å². The van der Waals surface area contributed by atoms with Crippen LogP contribution in [-0.4, -0.2) is 80.3 Å². The number of thioether (sulfide) groups is 1. The molecule has 1 aliphatic rings. The van der Waals surface area contributed by atoms with Crippen LogP contribution in [0.3, 0.4) is 0 Å². The fourth-order valence-electron chi connectivity index (χ4n) is 4.30. The summed E-state index contributed by atoms with van der Waals surface area (Å²) in [5, 5.41) is 14.3. The lowest BCUT2D eigenvalue weighted by molar-refractivity contribution is -0.123. The highest BCUT2D eigenvalue weighted by molar-refractivity contribution is 7.98. The molecule has 4 rings (SSSR count). The number of aromatic amines is 1. The van der Waals surface area contributed by atoms with Crippen LogP contribution in [0.15, 0.2) is 42.7 Å². The van der Waals surface area contributed by atoms with Gasteiger partial charge in [-0.15, -0.1) is 5.10 Å². The molecule has 39 heavy (non-hydrogen) atoms. The zero-order valence-corrected chi connectivity index (χ0v) is 23.1. The number of hydrogen-bond acceptors (Lipinski definition) is 7. The fraction of sp³-hybridized carbons (Fsp3) is 0.444. The number of H-pyrrole nitrogens is 1. The molecular formula is C27H35N7O4S. The van der Waals surface area contributed by atoms with Crippen LogP contribution in [0.5, 0.6) is 5.75 Å². The predicted octanol–water partition coefficient (Wildman–Crippen LogP) is 2.40. The average Bonchev–Trinajstić information content (AvgIpc) is 3.63. The first-order chi connectivity index (χ1) is 18.9. The number of benzene rings is 1. The average molecular weight is 554 g/mol. The lowest BCUT2D eigenvalue weighted by atomic mass is 10.1. The molecule has 4 bridgehead atoms. The van der Waals surface area contributed by atoms with E-state index < -0.39 is 6.04 Å². The van der Waals surface area contributed by atoms with Crippen LogP contribution in [-0.2, 0) is 17.9 Å². The first kappa shape index (κ1) is 28.2. The molecule has 208 valence electrons. The second-order valence-corrected chi connectivity index (χ2v) is 10.4. The van der Waals surface area contributed by atoms with Crippen molar-refractivity contribution < 1.29 is 19.1 Å². The van der Waals surface area contributed by atoms with Gasteiger partial charge in [-0.25, -0.2) is 0 Å². The maximum Gasteiger partial charge on any atom is 0.270 e. The van der Waals surface area contributed by atoms with Gasteiger partial charge in [0.1, 0.15) is 23.2 Å². The summed E-state index contributed by atoms with van der Waals surface area (Å²) in [6.07, 6.45) is 7.22. The predicted molar refractivity (Wildman–Crippen MR) is 149 cm³/mol. The third kappa shape index (κ3) is 7.85. The Morgan fingerprint density at radius 1 is 1.21 bits per heavy atom. The Kier molecular flexibility index (Phi) is 10.0. The van der Waals surface area contributed by atoms with E-state index in [0.717, 1.165) is 11.3 Å². The van der Waals surface area contributed by atoms with Crippen LogP contribution in [0.4, 0.5) is 0 Å². The molecule has 3 N–H and O–H groups in total. The van der Waals surface area contributed by atoms with Crippen LogP contribution in [0.1, 0.15) is 51.4 Å². The number of nitrogens with zero attached hydrogens (tertiary/aromatic N) is 4. The molecule has 0 spiro atoms. The van der Waals surface area contributed by atoms with Crippen molar-refractivity contribution in [3.63, 3.8) is 0 Å². The first-order valence-corrected chi connectivity index (χ1v) is 14.5. The highest BCUT2D eigenvalue weighted by Gasteiger charge is 2.23. The molecule has 11 nitrogen and oxygen atoms in total. The van der Waals surface area contributed by atoms with Gasteiger partial charge in [-0.05, 0) is 61.6 Å². The fourth-order valence-corrected chi connectivity index (χ4v) is 4.77. The third-order valence-corrected chi connectivity index (χ3v) is 7.09. The summed E-state index contributed by atoms with van der Waals surface area (Å²) in [5.74, 6) is 0.592. The van der Waals surface area contributed by atoms with E-state index in [1.54, 1.807) is 45.7 Å². The van der Waals surface area contributed by atoms with Crippen molar-refractivity contribution in [3.8, 4) is 5.75 Å². The van der Waals surface area contributed by atoms with Crippen molar-refractivity contribution in [2.75, 3.05) is 31.7 Å². The standard InChI is InChI=1S/C27H35N7O4S/c1-19-7-8-21-16-22(19)25(35)30-23(9-15-39-2)26(36)29-11-4-12-33(27(37)24-6-3-10-28-24)17-20-18-34(32-31-20)13-5-14-38-21/h3,6-8,10,16,18,23,28H,4-5,9,11-15,17H2,1-2H3,(H,29,36)(H,30,35)/t23-/m0/s1. The van der Waals surface area contributed by atoms with E-state index in [2.05, 4.69) is 25.9 Å². The van der Waals surface area contributed by atoms with Gasteiger partial charge in [0.05, 0.1) is 19.3 Å². The van der Waals surface area contributed by atoms with E-state index in [-0.39, 0.29) is 17.7 Å². The quantitative estimate of drug-likeness (QED) is 0.452. The Balaban J connectivity index is 1.53. The lowest BCUT2D eigenvalue weighted by Gasteiger charge is -2.22. The summed E-state index contributed by atoms with van der Waals surface area (Å²) in [4.78, 5) is 44.0. The summed E-state index contributed by atoms with van der Waals surface area (Å²) in [7, 11) is 0. The Morgan fingerprint density at radius 3 is 2.87 bits per heavy atom.